The zero-order chi connectivity index (χ0) is 23.3. The summed E-state index contributed by atoms with van der Waals surface area (Å²) in [5.74, 6) is 4.59. The summed E-state index contributed by atoms with van der Waals surface area (Å²) >= 11 is 0. The zero-order valence-electron chi connectivity index (χ0n) is 21.8. The van der Waals surface area contributed by atoms with E-state index in [4.69, 9.17) is 4.74 Å². The minimum Gasteiger partial charge on any atom is -0.462 e. The van der Waals surface area contributed by atoms with Gasteiger partial charge in [-0.1, -0.05) is 53.9 Å². The maximum absolute atomic E-state index is 11.9. The smallest absolute Gasteiger partial charge is 0.302 e. The summed E-state index contributed by atoms with van der Waals surface area (Å²) in [6, 6.07) is 0. The predicted octanol–water partition coefficient (Wildman–Crippen LogP) is 7.15. The summed E-state index contributed by atoms with van der Waals surface area (Å²) in [5, 5.41) is 11.9. The Labute approximate surface area is 197 Å². The Hall–Kier alpha value is -0.570. The number of aliphatic hydroxyl groups is 1. The maximum atomic E-state index is 11.9. The first kappa shape index (κ1) is 24.6. The van der Waals surface area contributed by atoms with Gasteiger partial charge in [0, 0.05) is 13.3 Å². The van der Waals surface area contributed by atoms with Gasteiger partial charge >= 0.3 is 5.97 Å². The van der Waals surface area contributed by atoms with E-state index in [1.54, 1.807) is 0 Å². The van der Waals surface area contributed by atoms with E-state index in [9.17, 15) is 9.90 Å². The molecule has 0 aromatic carbocycles. The molecular formula is C29H50O3. The Balaban J connectivity index is 1.47. The van der Waals surface area contributed by atoms with Gasteiger partial charge in [0.05, 0.1) is 5.60 Å². The Morgan fingerprint density at radius 2 is 1.72 bits per heavy atom. The number of esters is 1. The third-order valence-corrected chi connectivity index (χ3v) is 11.3. The van der Waals surface area contributed by atoms with Gasteiger partial charge in [0.2, 0.25) is 0 Å². The number of carbonyl (C=O) groups is 1. The molecule has 184 valence electrons. The number of rotatable bonds is 6. The van der Waals surface area contributed by atoms with Crippen LogP contribution in [-0.2, 0) is 9.53 Å². The minimum atomic E-state index is -0.664. The second-order valence-electron chi connectivity index (χ2n) is 13.4. The molecule has 3 heteroatoms. The van der Waals surface area contributed by atoms with E-state index in [0.29, 0.717) is 17.8 Å². The highest BCUT2D eigenvalue weighted by molar-refractivity contribution is 5.66. The highest BCUT2D eigenvalue weighted by atomic mass is 16.5. The van der Waals surface area contributed by atoms with Crippen molar-refractivity contribution in [3.63, 3.8) is 0 Å². The number of ether oxygens (including phenoxy) is 1. The van der Waals surface area contributed by atoms with Crippen LogP contribution >= 0.6 is 0 Å². The second kappa shape index (κ2) is 8.90. The summed E-state index contributed by atoms with van der Waals surface area (Å²) in [5.41, 5.74) is -0.184. The van der Waals surface area contributed by atoms with E-state index in [1.165, 1.54) is 51.9 Å². The van der Waals surface area contributed by atoms with Gasteiger partial charge in [0.15, 0.2) is 0 Å². The van der Waals surface area contributed by atoms with Gasteiger partial charge in [-0.25, -0.2) is 0 Å². The van der Waals surface area contributed by atoms with Crippen LogP contribution in [0.4, 0.5) is 0 Å². The van der Waals surface area contributed by atoms with Gasteiger partial charge in [-0.05, 0) is 97.7 Å². The Morgan fingerprint density at radius 1 is 0.969 bits per heavy atom. The van der Waals surface area contributed by atoms with Crippen LogP contribution in [0.3, 0.4) is 0 Å². The minimum absolute atomic E-state index is 0.0190. The predicted molar refractivity (Wildman–Crippen MR) is 130 cm³/mol. The molecule has 9 atom stereocenters. The number of carbonyl (C=O) groups excluding carboxylic acids is 1. The SMILES string of the molecule is CC(=O)O[C@H]1CC[C@]2(C)[C@H]3CC[C@]4(C)[C@@H]([C@@H](C)CCCC(C)C)CC[C@H]4[C@@H]3CC[C@@]2(O)C1. The van der Waals surface area contributed by atoms with E-state index in [1.807, 2.05) is 0 Å². The quantitative estimate of drug-likeness (QED) is 0.440. The van der Waals surface area contributed by atoms with Gasteiger partial charge in [0.1, 0.15) is 6.10 Å². The highest BCUT2D eigenvalue weighted by Crippen LogP contribution is 2.69. The fourth-order valence-corrected chi connectivity index (χ4v) is 9.57. The van der Waals surface area contributed by atoms with E-state index in [2.05, 4.69) is 34.6 Å². The summed E-state index contributed by atoms with van der Waals surface area (Å²) in [6.07, 6.45) is 14.1. The van der Waals surface area contributed by atoms with Gasteiger partial charge in [-0.3, -0.25) is 4.79 Å². The average molecular weight is 447 g/mol. The van der Waals surface area contributed by atoms with Gasteiger partial charge in [-0.15, -0.1) is 0 Å². The summed E-state index contributed by atoms with van der Waals surface area (Å²) in [6.45, 7) is 13.8. The Morgan fingerprint density at radius 3 is 2.41 bits per heavy atom. The van der Waals surface area contributed by atoms with Crippen LogP contribution in [0.1, 0.15) is 119 Å². The number of fused-ring (bicyclic) bond motifs is 5. The fourth-order valence-electron chi connectivity index (χ4n) is 9.57. The van der Waals surface area contributed by atoms with E-state index < -0.39 is 5.60 Å². The van der Waals surface area contributed by atoms with Crippen LogP contribution in [-0.4, -0.2) is 22.8 Å². The highest BCUT2D eigenvalue weighted by Gasteiger charge is 2.64. The monoisotopic (exact) mass is 446 g/mol. The van der Waals surface area contributed by atoms with Crippen molar-refractivity contribution in [2.45, 2.75) is 130 Å². The molecule has 4 aliphatic carbocycles. The molecule has 0 bridgehead atoms. The van der Waals surface area contributed by atoms with Crippen molar-refractivity contribution >= 4 is 5.97 Å². The molecule has 0 unspecified atom stereocenters. The molecule has 32 heavy (non-hydrogen) atoms. The lowest BCUT2D eigenvalue weighted by atomic mass is 9.43. The summed E-state index contributed by atoms with van der Waals surface area (Å²) in [4.78, 5) is 11.5. The van der Waals surface area contributed by atoms with Crippen molar-refractivity contribution in [3.8, 4) is 0 Å². The molecule has 4 saturated carbocycles. The Kier molecular flexibility index (Phi) is 6.83. The second-order valence-corrected chi connectivity index (χ2v) is 13.4. The Bertz CT molecular complexity index is 688. The first-order chi connectivity index (χ1) is 15.0. The molecule has 4 fully saturated rings. The molecule has 0 radical (unpaired) electrons. The average Bonchev–Trinajstić information content (AvgIpc) is 3.05. The molecule has 0 heterocycles. The number of hydrogen-bond donors (Lipinski definition) is 1. The molecule has 0 spiro atoms. The normalized spacial score (nSPS) is 46.8. The fraction of sp³-hybridized carbons (Fsp3) is 0.966. The van der Waals surface area contributed by atoms with E-state index in [0.717, 1.165) is 55.3 Å². The van der Waals surface area contributed by atoms with Crippen molar-refractivity contribution in [3.05, 3.63) is 0 Å². The first-order valence-corrected chi connectivity index (χ1v) is 13.9. The summed E-state index contributed by atoms with van der Waals surface area (Å²) in [7, 11) is 0. The van der Waals surface area contributed by atoms with Crippen molar-refractivity contribution in [2.24, 2.45) is 46.3 Å². The van der Waals surface area contributed by atoms with Gasteiger partial charge < -0.3 is 9.84 Å². The van der Waals surface area contributed by atoms with Crippen LogP contribution in [0.5, 0.6) is 0 Å². The molecule has 0 aromatic heterocycles. The van der Waals surface area contributed by atoms with Crippen molar-refractivity contribution in [1.29, 1.82) is 0 Å². The lowest BCUT2D eigenvalue weighted by Gasteiger charge is -2.64. The molecule has 3 nitrogen and oxygen atoms in total. The van der Waals surface area contributed by atoms with Crippen molar-refractivity contribution in [2.75, 3.05) is 0 Å². The maximum Gasteiger partial charge on any atom is 0.302 e. The third kappa shape index (κ3) is 4.07. The molecule has 0 aromatic rings. The summed E-state index contributed by atoms with van der Waals surface area (Å²) < 4.78 is 5.56. The van der Waals surface area contributed by atoms with E-state index in [-0.39, 0.29) is 17.5 Å². The lowest BCUT2D eigenvalue weighted by Crippen LogP contribution is -2.63. The van der Waals surface area contributed by atoms with Crippen molar-refractivity contribution < 1.29 is 14.6 Å². The molecular weight excluding hydrogens is 396 g/mol. The third-order valence-electron chi connectivity index (χ3n) is 11.3. The molecule has 4 aliphatic rings. The lowest BCUT2D eigenvalue weighted by molar-refractivity contribution is -0.224. The van der Waals surface area contributed by atoms with Crippen LogP contribution in [0.15, 0.2) is 0 Å². The van der Waals surface area contributed by atoms with Gasteiger partial charge in [-0.2, -0.15) is 0 Å². The zero-order valence-corrected chi connectivity index (χ0v) is 21.8. The standard InChI is InChI=1S/C29H50O3/c1-19(2)8-7-9-20(3)24-10-11-25-23-13-17-29(31)18-22(32-21(4)30)12-16-28(29,6)26(23)14-15-27(24,25)5/h19-20,22-26,31H,7-18H2,1-6H3/t20-,22-,23-,24+,25-,26-,27+,28+,29+/m0/s1. The van der Waals surface area contributed by atoms with E-state index >= 15 is 0 Å². The molecule has 4 rings (SSSR count). The molecule has 0 amide bonds. The molecule has 1 N–H and O–H groups in total. The number of hydrogen-bond acceptors (Lipinski definition) is 3. The molecule has 0 saturated heterocycles. The van der Waals surface area contributed by atoms with Crippen LogP contribution < -0.4 is 0 Å². The van der Waals surface area contributed by atoms with Crippen LogP contribution in [0.2, 0.25) is 0 Å². The van der Waals surface area contributed by atoms with Crippen molar-refractivity contribution in [1.82, 2.24) is 0 Å². The largest absolute Gasteiger partial charge is 0.462 e. The van der Waals surface area contributed by atoms with Crippen LogP contribution in [0.25, 0.3) is 0 Å². The molecule has 0 aliphatic heterocycles. The first-order valence-electron chi connectivity index (χ1n) is 13.9. The van der Waals surface area contributed by atoms with Crippen LogP contribution in [0, 0.1) is 46.3 Å². The van der Waals surface area contributed by atoms with Gasteiger partial charge in [0.25, 0.3) is 0 Å². The topological polar surface area (TPSA) is 46.5 Å².